The minimum atomic E-state index is -0.424. The maximum atomic E-state index is 12.0. The summed E-state index contributed by atoms with van der Waals surface area (Å²) >= 11 is 6.17. The number of aryl methyl sites for hydroxylation is 1. The van der Waals surface area contributed by atoms with Gasteiger partial charge in [0.15, 0.2) is 0 Å². The first-order chi connectivity index (χ1) is 12.3. The van der Waals surface area contributed by atoms with Crippen molar-refractivity contribution < 1.29 is 9.72 Å². The average molecular weight is 370 g/mol. The number of nitro benzene ring substituents is 1. The van der Waals surface area contributed by atoms with Crippen molar-refractivity contribution in [1.82, 2.24) is 5.01 Å². The lowest BCUT2D eigenvalue weighted by Gasteiger charge is -2.16. The highest BCUT2D eigenvalue weighted by Gasteiger charge is 2.22. The van der Waals surface area contributed by atoms with Gasteiger partial charge in [-0.25, -0.2) is 5.01 Å². The number of hydrogen-bond donors (Lipinski definition) is 0. The van der Waals surface area contributed by atoms with E-state index in [2.05, 4.69) is 5.10 Å². The summed E-state index contributed by atoms with van der Waals surface area (Å²) in [6.45, 7) is 4.90. The second kappa shape index (κ2) is 6.72. The molecular weight excluding hydrogens is 354 g/mol. The number of hydrazone groups is 1. The van der Waals surface area contributed by atoms with Crippen LogP contribution in [0, 0.1) is 17.0 Å². The molecule has 2 aromatic rings. The van der Waals surface area contributed by atoms with Crippen molar-refractivity contribution in [2.45, 2.75) is 20.8 Å². The monoisotopic (exact) mass is 369 g/mol. The Hall–Kier alpha value is -2.99. The van der Waals surface area contributed by atoms with Crippen LogP contribution in [0.3, 0.4) is 0 Å². The molecule has 1 aliphatic rings. The van der Waals surface area contributed by atoms with E-state index in [1.165, 1.54) is 18.0 Å². The molecule has 0 aliphatic carbocycles. The van der Waals surface area contributed by atoms with Crippen LogP contribution in [0.2, 0.25) is 5.02 Å². The fraction of sp³-hybridized carbons (Fsp3) is 0.158. The van der Waals surface area contributed by atoms with Gasteiger partial charge < -0.3 is 0 Å². The second-order valence-electron chi connectivity index (χ2n) is 6.06. The largest absolute Gasteiger partial charge is 0.273 e. The van der Waals surface area contributed by atoms with Crippen molar-refractivity contribution in [1.29, 1.82) is 0 Å². The van der Waals surface area contributed by atoms with E-state index in [-0.39, 0.29) is 11.6 Å². The Morgan fingerprint density at radius 2 is 1.92 bits per heavy atom. The first-order valence-electron chi connectivity index (χ1n) is 7.91. The lowest BCUT2D eigenvalue weighted by atomic mass is 9.96. The predicted molar refractivity (Wildman–Crippen MR) is 101 cm³/mol. The normalized spacial score (nSPS) is 13.5. The number of carbonyl (C=O) groups is 1. The van der Waals surface area contributed by atoms with Crippen LogP contribution in [-0.2, 0) is 4.79 Å². The van der Waals surface area contributed by atoms with E-state index < -0.39 is 4.92 Å². The Morgan fingerprint density at radius 1 is 1.19 bits per heavy atom. The van der Waals surface area contributed by atoms with Crippen molar-refractivity contribution in [3.63, 3.8) is 0 Å². The van der Waals surface area contributed by atoms with E-state index in [1.54, 1.807) is 38.1 Å². The summed E-state index contributed by atoms with van der Waals surface area (Å²) in [5.41, 5.74) is 4.05. The third-order valence-corrected chi connectivity index (χ3v) is 4.37. The van der Waals surface area contributed by atoms with Crippen LogP contribution >= 0.6 is 11.6 Å². The fourth-order valence-electron chi connectivity index (χ4n) is 2.92. The molecule has 0 bridgehead atoms. The van der Waals surface area contributed by atoms with Gasteiger partial charge in [0.1, 0.15) is 0 Å². The summed E-state index contributed by atoms with van der Waals surface area (Å²) in [7, 11) is 0. The molecule has 1 amide bonds. The SMILES string of the molecule is CC(=O)N1N=C(c2ccc([N+](=O)[O-])c(C)c2)c2cc(Cl)ccc2C=C1C. The zero-order chi connectivity index (χ0) is 19.0. The topological polar surface area (TPSA) is 75.8 Å². The molecule has 7 heteroatoms. The summed E-state index contributed by atoms with van der Waals surface area (Å²) in [6, 6.07) is 10.2. The van der Waals surface area contributed by atoms with E-state index in [9.17, 15) is 14.9 Å². The quantitative estimate of drug-likeness (QED) is 0.576. The molecule has 0 saturated heterocycles. The molecule has 1 aliphatic heterocycles. The van der Waals surface area contributed by atoms with Crippen LogP contribution in [0.1, 0.15) is 36.1 Å². The van der Waals surface area contributed by atoms with Gasteiger partial charge in [-0.15, -0.1) is 0 Å². The Balaban J connectivity index is 2.26. The minimum absolute atomic E-state index is 0.0343. The van der Waals surface area contributed by atoms with E-state index >= 15 is 0 Å². The number of benzene rings is 2. The Morgan fingerprint density at radius 3 is 2.54 bits per heavy atom. The highest BCUT2D eigenvalue weighted by Crippen LogP contribution is 2.28. The van der Waals surface area contributed by atoms with Gasteiger partial charge >= 0.3 is 0 Å². The van der Waals surface area contributed by atoms with Gasteiger partial charge in [0, 0.05) is 40.4 Å². The number of hydrogen-bond acceptors (Lipinski definition) is 4. The van der Waals surface area contributed by atoms with Gasteiger partial charge in [-0.1, -0.05) is 17.7 Å². The maximum absolute atomic E-state index is 12.0. The first-order valence-corrected chi connectivity index (χ1v) is 8.28. The smallest absolute Gasteiger partial charge is 0.272 e. The zero-order valence-corrected chi connectivity index (χ0v) is 15.2. The molecular formula is C19H16ClN3O3. The van der Waals surface area contributed by atoms with Crippen LogP contribution in [0.4, 0.5) is 5.69 Å². The first kappa shape index (κ1) is 17.8. The van der Waals surface area contributed by atoms with Crippen molar-refractivity contribution in [3.8, 4) is 0 Å². The van der Waals surface area contributed by atoms with E-state index in [4.69, 9.17) is 11.6 Å². The van der Waals surface area contributed by atoms with Gasteiger partial charge in [-0.05, 0) is 49.8 Å². The van der Waals surface area contributed by atoms with Crippen LogP contribution < -0.4 is 0 Å². The maximum Gasteiger partial charge on any atom is 0.272 e. The molecule has 0 saturated carbocycles. The van der Waals surface area contributed by atoms with Crippen LogP contribution in [0.15, 0.2) is 47.2 Å². The van der Waals surface area contributed by atoms with Crippen LogP contribution in [-0.4, -0.2) is 21.6 Å². The number of nitro groups is 1. The van der Waals surface area contributed by atoms with Crippen LogP contribution in [0.5, 0.6) is 0 Å². The lowest BCUT2D eigenvalue weighted by molar-refractivity contribution is -0.385. The Labute approximate surface area is 155 Å². The number of carbonyl (C=O) groups excluding carboxylic acids is 1. The van der Waals surface area contributed by atoms with Gasteiger partial charge in [0.25, 0.3) is 5.69 Å². The summed E-state index contributed by atoms with van der Waals surface area (Å²) in [5, 5.41) is 17.5. The lowest BCUT2D eigenvalue weighted by Crippen LogP contribution is -2.22. The van der Waals surface area contributed by atoms with E-state index in [0.717, 1.165) is 11.1 Å². The second-order valence-corrected chi connectivity index (χ2v) is 6.49. The molecule has 26 heavy (non-hydrogen) atoms. The summed E-state index contributed by atoms with van der Waals surface area (Å²) in [4.78, 5) is 22.7. The standard InChI is InChI=1S/C19H16ClN3O3/c1-11-8-15(5-7-18(11)23(25)26)19-17-10-16(20)6-4-14(17)9-12(2)22(21-19)13(3)24/h4-10H,1-3H3. The minimum Gasteiger partial charge on any atom is -0.273 e. The summed E-state index contributed by atoms with van der Waals surface area (Å²) in [5.74, 6) is -0.228. The molecule has 3 rings (SSSR count). The van der Waals surface area contributed by atoms with Crippen molar-refractivity contribution >= 4 is 35.0 Å². The molecule has 0 aromatic heterocycles. The highest BCUT2D eigenvalue weighted by molar-refractivity contribution is 6.31. The molecule has 0 N–H and O–H groups in total. The number of nitrogens with zero attached hydrogens (tertiary/aromatic N) is 3. The number of fused-ring (bicyclic) bond motifs is 1. The van der Waals surface area contributed by atoms with E-state index in [1.807, 2.05) is 12.1 Å². The van der Waals surface area contributed by atoms with Gasteiger partial charge in [-0.3, -0.25) is 14.9 Å². The van der Waals surface area contributed by atoms with Crippen LogP contribution in [0.25, 0.3) is 6.08 Å². The molecule has 0 spiro atoms. The molecule has 0 atom stereocenters. The van der Waals surface area contributed by atoms with Gasteiger partial charge in [-0.2, -0.15) is 5.10 Å². The Bertz CT molecular complexity index is 996. The molecule has 0 radical (unpaired) electrons. The number of halogens is 1. The summed E-state index contributed by atoms with van der Waals surface area (Å²) < 4.78 is 0. The number of rotatable bonds is 2. The molecule has 0 unspecified atom stereocenters. The number of amides is 1. The zero-order valence-electron chi connectivity index (χ0n) is 14.5. The fourth-order valence-corrected chi connectivity index (χ4v) is 3.09. The van der Waals surface area contributed by atoms with E-state index in [0.29, 0.717) is 27.6 Å². The molecule has 132 valence electrons. The summed E-state index contributed by atoms with van der Waals surface area (Å²) in [6.07, 6.45) is 1.86. The number of allylic oxidation sites excluding steroid dienone is 1. The molecule has 2 aromatic carbocycles. The predicted octanol–water partition coefficient (Wildman–Crippen LogP) is 4.53. The average Bonchev–Trinajstić information content (AvgIpc) is 2.70. The molecule has 1 heterocycles. The molecule has 6 nitrogen and oxygen atoms in total. The van der Waals surface area contributed by atoms with Crippen molar-refractivity contribution in [3.05, 3.63) is 79.5 Å². The van der Waals surface area contributed by atoms with Crippen molar-refractivity contribution in [2.24, 2.45) is 5.10 Å². The Kier molecular flexibility index (Phi) is 4.61. The molecule has 0 fully saturated rings. The third-order valence-electron chi connectivity index (χ3n) is 4.13. The van der Waals surface area contributed by atoms with Gasteiger partial charge in [0.05, 0.1) is 10.6 Å². The van der Waals surface area contributed by atoms with Gasteiger partial charge in [0.2, 0.25) is 5.91 Å². The van der Waals surface area contributed by atoms with Crippen molar-refractivity contribution in [2.75, 3.05) is 0 Å². The highest BCUT2D eigenvalue weighted by atomic mass is 35.5. The third kappa shape index (κ3) is 3.23.